The van der Waals surface area contributed by atoms with Crippen LogP contribution in [0.5, 0.6) is 0 Å². The molecule has 2 rings (SSSR count). The van der Waals surface area contributed by atoms with Crippen molar-refractivity contribution in [2.24, 2.45) is 5.10 Å². The molecule has 6 heteroatoms. The highest BCUT2D eigenvalue weighted by Gasteiger charge is 2.07. The van der Waals surface area contributed by atoms with Crippen LogP contribution in [0.15, 0.2) is 60.0 Å². The average molecular weight is 308 g/mol. The Kier molecular flexibility index (Phi) is 6.49. The molecule has 0 fully saturated rings. The fourth-order valence-corrected chi connectivity index (χ4v) is 1.64. The van der Waals surface area contributed by atoms with Crippen molar-refractivity contribution in [2.45, 2.75) is 13.5 Å². The Morgan fingerprint density at radius 3 is 2.43 bits per heavy atom. The van der Waals surface area contributed by atoms with Crippen molar-refractivity contribution in [2.75, 3.05) is 0 Å². The number of amides is 1. The first-order chi connectivity index (χ1) is 9.65. The van der Waals surface area contributed by atoms with Crippen LogP contribution in [0, 0.1) is 5.82 Å². The second-order valence-corrected chi connectivity index (χ2v) is 4.29. The van der Waals surface area contributed by atoms with Crippen molar-refractivity contribution in [1.82, 2.24) is 5.43 Å². The summed E-state index contributed by atoms with van der Waals surface area (Å²) in [6, 6.07) is 11.5. The fraction of sp³-hybridized carbons (Fsp3) is 0.133. The summed E-state index contributed by atoms with van der Waals surface area (Å²) in [4.78, 5) is 11.7. The van der Waals surface area contributed by atoms with Gasteiger partial charge >= 0.3 is 5.91 Å². The molecule has 2 aromatic rings. The molecule has 0 aliphatic heterocycles. The van der Waals surface area contributed by atoms with Crippen LogP contribution in [0.3, 0.4) is 0 Å². The average Bonchev–Trinajstić information content (AvgIpc) is 2.46. The molecular formula is C15H15ClFN3O. The summed E-state index contributed by atoms with van der Waals surface area (Å²) < 4.78 is 14.5. The lowest BCUT2D eigenvalue weighted by molar-refractivity contribution is -0.684. The molecule has 1 amide bonds. The van der Waals surface area contributed by atoms with Crippen LogP contribution in [-0.2, 0) is 11.3 Å². The van der Waals surface area contributed by atoms with E-state index in [4.69, 9.17) is 0 Å². The van der Waals surface area contributed by atoms with Gasteiger partial charge in [-0.3, -0.25) is 4.79 Å². The van der Waals surface area contributed by atoms with Crippen LogP contribution in [0.25, 0.3) is 0 Å². The summed E-state index contributed by atoms with van der Waals surface area (Å²) in [7, 11) is 0. The SMILES string of the molecule is C/C(=N/NC(=O)C[n+]1ccccc1)c1ccc(F)cc1.[Cl-]. The zero-order valence-electron chi connectivity index (χ0n) is 11.5. The lowest BCUT2D eigenvalue weighted by Crippen LogP contribution is -3.00. The molecule has 0 unspecified atom stereocenters. The minimum Gasteiger partial charge on any atom is -1.00 e. The van der Waals surface area contributed by atoms with Gasteiger partial charge in [0.25, 0.3) is 0 Å². The molecule has 0 radical (unpaired) electrons. The summed E-state index contributed by atoms with van der Waals surface area (Å²) in [5.41, 5.74) is 3.86. The predicted octanol–water partition coefficient (Wildman–Crippen LogP) is -1.34. The Morgan fingerprint density at radius 2 is 1.81 bits per heavy atom. The highest BCUT2D eigenvalue weighted by atomic mass is 35.5. The molecular weight excluding hydrogens is 293 g/mol. The molecule has 0 aliphatic carbocycles. The normalized spacial score (nSPS) is 10.7. The van der Waals surface area contributed by atoms with Crippen LogP contribution in [0.4, 0.5) is 4.39 Å². The fourth-order valence-electron chi connectivity index (χ4n) is 1.64. The van der Waals surface area contributed by atoms with E-state index in [0.29, 0.717) is 5.71 Å². The number of halogens is 2. The van der Waals surface area contributed by atoms with Crippen LogP contribution in [-0.4, -0.2) is 11.6 Å². The standard InChI is InChI=1S/C15H14FN3O.ClH/c1-12(13-5-7-14(16)8-6-13)17-18-15(20)11-19-9-3-2-4-10-19;/h2-10H,11H2,1H3;1H/b17-12-;. The van der Waals surface area contributed by atoms with Gasteiger partial charge in [-0.05, 0) is 24.6 Å². The summed E-state index contributed by atoms with van der Waals surface area (Å²) in [5.74, 6) is -0.520. The number of hydrogen-bond donors (Lipinski definition) is 1. The Labute approximate surface area is 128 Å². The molecule has 0 aliphatic rings. The highest BCUT2D eigenvalue weighted by Crippen LogP contribution is 2.03. The Hall–Kier alpha value is -2.27. The number of nitrogens with zero attached hydrogens (tertiary/aromatic N) is 2. The maximum absolute atomic E-state index is 12.8. The second kappa shape index (κ2) is 8.11. The largest absolute Gasteiger partial charge is 1.00 e. The van der Waals surface area contributed by atoms with E-state index < -0.39 is 0 Å². The summed E-state index contributed by atoms with van der Waals surface area (Å²) in [5, 5.41) is 4.00. The van der Waals surface area contributed by atoms with Crippen molar-refractivity contribution < 1.29 is 26.2 Å². The number of benzene rings is 1. The molecule has 110 valence electrons. The van der Waals surface area contributed by atoms with Gasteiger partial charge in [0.05, 0.1) is 5.71 Å². The van der Waals surface area contributed by atoms with E-state index in [1.54, 1.807) is 36.0 Å². The minimum absolute atomic E-state index is 0. The number of hydrazone groups is 1. The van der Waals surface area contributed by atoms with Gasteiger partial charge in [0.15, 0.2) is 12.4 Å². The number of aromatic nitrogens is 1. The number of nitrogens with one attached hydrogen (secondary N) is 1. The van der Waals surface area contributed by atoms with Gasteiger partial charge in [-0.25, -0.2) is 9.82 Å². The smallest absolute Gasteiger partial charge is 0.305 e. The predicted molar refractivity (Wildman–Crippen MR) is 73.4 cm³/mol. The van der Waals surface area contributed by atoms with Crippen molar-refractivity contribution in [3.8, 4) is 0 Å². The zero-order valence-corrected chi connectivity index (χ0v) is 12.2. The molecule has 0 atom stereocenters. The van der Waals surface area contributed by atoms with Gasteiger partial charge in [0.2, 0.25) is 6.54 Å². The van der Waals surface area contributed by atoms with E-state index >= 15 is 0 Å². The van der Waals surface area contributed by atoms with Crippen molar-refractivity contribution >= 4 is 11.6 Å². The van der Waals surface area contributed by atoms with Crippen molar-refractivity contribution in [3.63, 3.8) is 0 Å². The van der Waals surface area contributed by atoms with Gasteiger partial charge in [0.1, 0.15) is 5.82 Å². The van der Waals surface area contributed by atoms with E-state index in [0.717, 1.165) is 5.56 Å². The van der Waals surface area contributed by atoms with Crippen molar-refractivity contribution in [1.29, 1.82) is 0 Å². The number of hydrogen-bond acceptors (Lipinski definition) is 2. The van der Waals surface area contributed by atoms with Gasteiger partial charge in [-0.2, -0.15) is 9.67 Å². The third kappa shape index (κ3) is 5.31. The van der Waals surface area contributed by atoms with Gasteiger partial charge in [-0.1, -0.05) is 18.2 Å². The van der Waals surface area contributed by atoms with E-state index in [1.807, 2.05) is 18.2 Å². The summed E-state index contributed by atoms with van der Waals surface area (Å²) in [6.07, 6.45) is 3.60. The summed E-state index contributed by atoms with van der Waals surface area (Å²) in [6.45, 7) is 1.95. The van der Waals surface area contributed by atoms with E-state index in [2.05, 4.69) is 10.5 Å². The first-order valence-electron chi connectivity index (χ1n) is 6.18. The van der Waals surface area contributed by atoms with Gasteiger partial charge < -0.3 is 12.4 Å². The van der Waals surface area contributed by atoms with E-state index in [-0.39, 0.29) is 30.7 Å². The van der Waals surface area contributed by atoms with Crippen molar-refractivity contribution in [3.05, 3.63) is 66.2 Å². The molecule has 0 bridgehead atoms. The maximum atomic E-state index is 12.8. The monoisotopic (exact) mass is 307 g/mol. The first-order valence-corrected chi connectivity index (χ1v) is 6.18. The Bertz CT molecular complexity index is 615. The summed E-state index contributed by atoms with van der Waals surface area (Å²) >= 11 is 0. The molecule has 21 heavy (non-hydrogen) atoms. The number of pyridine rings is 1. The lowest BCUT2D eigenvalue weighted by Gasteiger charge is -2.01. The molecule has 0 saturated carbocycles. The first kappa shape index (κ1) is 16.8. The van der Waals surface area contributed by atoms with Gasteiger partial charge in [0, 0.05) is 12.1 Å². The molecule has 0 saturated heterocycles. The highest BCUT2D eigenvalue weighted by molar-refractivity contribution is 5.99. The topological polar surface area (TPSA) is 45.3 Å². The lowest BCUT2D eigenvalue weighted by atomic mass is 10.1. The molecule has 1 N–H and O–H groups in total. The number of carbonyl (C=O) groups is 1. The second-order valence-electron chi connectivity index (χ2n) is 4.29. The number of carbonyl (C=O) groups excluding carboxylic acids is 1. The van der Waals surface area contributed by atoms with E-state index in [9.17, 15) is 9.18 Å². The third-order valence-corrected chi connectivity index (χ3v) is 2.71. The molecule has 0 spiro atoms. The van der Waals surface area contributed by atoms with Crippen LogP contribution in [0.2, 0.25) is 0 Å². The molecule has 1 heterocycles. The van der Waals surface area contributed by atoms with Crippen LogP contribution in [0.1, 0.15) is 12.5 Å². The van der Waals surface area contributed by atoms with Gasteiger partial charge in [-0.15, -0.1) is 0 Å². The maximum Gasteiger partial charge on any atom is 0.305 e. The quantitative estimate of drug-likeness (QED) is 0.424. The Balaban J connectivity index is 0.00000220. The molecule has 4 nitrogen and oxygen atoms in total. The van der Waals surface area contributed by atoms with E-state index in [1.165, 1.54) is 12.1 Å². The van der Waals surface area contributed by atoms with Crippen LogP contribution >= 0.6 is 0 Å². The van der Waals surface area contributed by atoms with Crippen LogP contribution < -0.4 is 22.4 Å². The molecule has 1 aromatic carbocycles. The Morgan fingerprint density at radius 1 is 1.19 bits per heavy atom. The number of rotatable bonds is 4. The minimum atomic E-state index is -0.300. The third-order valence-electron chi connectivity index (χ3n) is 2.71. The molecule has 1 aromatic heterocycles. The zero-order chi connectivity index (χ0) is 14.4.